The molecule has 0 saturated carbocycles. The molecular formula is C21H18N4O3. The van der Waals surface area contributed by atoms with Crippen LogP contribution in [-0.4, -0.2) is 31.8 Å². The smallest absolute Gasteiger partial charge is 0.283 e. The Labute approximate surface area is 161 Å². The van der Waals surface area contributed by atoms with Crippen molar-refractivity contribution in [1.82, 2.24) is 19.9 Å². The molecule has 0 aliphatic heterocycles. The van der Waals surface area contributed by atoms with Gasteiger partial charge in [-0.25, -0.2) is 15.0 Å². The molecule has 4 rings (SSSR count). The van der Waals surface area contributed by atoms with E-state index in [2.05, 4.69) is 19.9 Å². The Bertz CT molecular complexity index is 1090. The third-order valence-electron chi connectivity index (χ3n) is 3.92. The van der Waals surface area contributed by atoms with Crippen LogP contribution in [0.25, 0.3) is 11.0 Å². The minimum absolute atomic E-state index is 0.0529. The molecule has 0 spiro atoms. The molecule has 0 aliphatic rings. The first-order valence-corrected chi connectivity index (χ1v) is 8.85. The van der Waals surface area contributed by atoms with E-state index in [0.29, 0.717) is 23.0 Å². The highest BCUT2D eigenvalue weighted by atomic mass is 16.5. The van der Waals surface area contributed by atoms with Crippen LogP contribution in [0.1, 0.15) is 30.0 Å². The fourth-order valence-electron chi connectivity index (χ4n) is 2.67. The first-order valence-electron chi connectivity index (χ1n) is 8.85. The summed E-state index contributed by atoms with van der Waals surface area (Å²) >= 11 is 0. The third-order valence-corrected chi connectivity index (χ3v) is 3.92. The molecule has 7 nitrogen and oxygen atoms in total. The lowest BCUT2D eigenvalue weighted by Crippen LogP contribution is -2.08. The molecule has 7 heteroatoms. The van der Waals surface area contributed by atoms with Crippen LogP contribution in [0.2, 0.25) is 0 Å². The fraction of sp³-hybridized carbons (Fsp3) is 0.143. The van der Waals surface area contributed by atoms with E-state index in [4.69, 9.17) is 9.47 Å². The van der Waals surface area contributed by atoms with Gasteiger partial charge in [0.05, 0.1) is 17.1 Å². The maximum absolute atomic E-state index is 12.7. The molecule has 2 heterocycles. The van der Waals surface area contributed by atoms with Crippen LogP contribution in [0.4, 0.5) is 0 Å². The second-order valence-corrected chi connectivity index (χ2v) is 6.39. The molecular weight excluding hydrogens is 356 g/mol. The van der Waals surface area contributed by atoms with E-state index < -0.39 is 0 Å². The van der Waals surface area contributed by atoms with Crippen LogP contribution < -0.4 is 9.47 Å². The summed E-state index contributed by atoms with van der Waals surface area (Å²) in [7, 11) is 0. The average molecular weight is 374 g/mol. The molecule has 28 heavy (non-hydrogen) atoms. The summed E-state index contributed by atoms with van der Waals surface area (Å²) in [5.74, 6) is 1.23. The number of nitrogens with one attached hydrogen (secondary N) is 1. The highest BCUT2D eigenvalue weighted by Crippen LogP contribution is 2.28. The minimum atomic E-state index is -0.189. The van der Waals surface area contributed by atoms with E-state index in [1.54, 1.807) is 30.5 Å². The highest BCUT2D eigenvalue weighted by Gasteiger charge is 2.15. The van der Waals surface area contributed by atoms with Gasteiger partial charge in [-0.05, 0) is 50.2 Å². The lowest BCUT2D eigenvalue weighted by Gasteiger charge is -2.12. The summed E-state index contributed by atoms with van der Waals surface area (Å²) in [6, 6.07) is 14.3. The molecule has 4 aromatic rings. The second kappa shape index (κ2) is 7.48. The predicted molar refractivity (Wildman–Crippen MR) is 104 cm³/mol. The van der Waals surface area contributed by atoms with Crippen LogP contribution in [0.15, 0.2) is 60.9 Å². The summed E-state index contributed by atoms with van der Waals surface area (Å²) in [6.07, 6.45) is 3.02. The Morgan fingerprint density at radius 1 is 0.964 bits per heavy atom. The molecule has 2 aromatic carbocycles. The van der Waals surface area contributed by atoms with Crippen molar-refractivity contribution in [3.05, 3.63) is 72.3 Å². The number of rotatable bonds is 6. The zero-order valence-electron chi connectivity index (χ0n) is 15.4. The number of carbonyl (C=O) groups excluding carboxylic acids is 1. The summed E-state index contributed by atoms with van der Waals surface area (Å²) in [4.78, 5) is 28.4. The average Bonchev–Trinajstić information content (AvgIpc) is 3.13. The maximum atomic E-state index is 12.7. The number of carbonyl (C=O) groups is 1. The van der Waals surface area contributed by atoms with Crippen LogP contribution in [0.5, 0.6) is 17.5 Å². The van der Waals surface area contributed by atoms with Gasteiger partial charge in [0, 0.05) is 18.0 Å². The molecule has 0 bridgehead atoms. The van der Waals surface area contributed by atoms with Gasteiger partial charge in [0.15, 0.2) is 5.82 Å². The number of nitrogens with zero attached hydrogens (tertiary/aromatic N) is 3. The standard InChI is InChI=1S/C21H18N4O3/c1-13(2)27-20-21(23-12-11-22-20)28-15-9-7-14(8-10-15)18(26)19-24-16-5-3-4-6-17(16)25-19/h3-13H,1-2H3,(H,24,25). The van der Waals surface area contributed by atoms with Crippen molar-refractivity contribution in [3.63, 3.8) is 0 Å². The number of para-hydroxylation sites is 2. The largest absolute Gasteiger partial charge is 0.471 e. The molecule has 140 valence electrons. The zero-order chi connectivity index (χ0) is 19.5. The number of hydrogen-bond acceptors (Lipinski definition) is 6. The Hall–Kier alpha value is -3.74. The zero-order valence-corrected chi connectivity index (χ0v) is 15.4. The van der Waals surface area contributed by atoms with Gasteiger partial charge in [-0.3, -0.25) is 4.79 Å². The van der Waals surface area contributed by atoms with E-state index in [-0.39, 0.29) is 17.8 Å². The molecule has 2 aromatic heterocycles. The second-order valence-electron chi connectivity index (χ2n) is 6.39. The van der Waals surface area contributed by atoms with E-state index in [1.165, 1.54) is 6.20 Å². The van der Waals surface area contributed by atoms with E-state index in [9.17, 15) is 4.79 Å². The number of imidazole rings is 1. The Balaban J connectivity index is 1.53. The number of aromatic amines is 1. The first-order chi connectivity index (χ1) is 13.6. The van der Waals surface area contributed by atoms with Crippen molar-refractivity contribution in [3.8, 4) is 17.5 Å². The molecule has 1 N–H and O–H groups in total. The van der Waals surface area contributed by atoms with Gasteiger partial charge in [-0.1, -0.05) is 12.1 Å². The van der Waals surface area contributed by atoms with Gasteiger partial charge in [-0.2, -0.15) is 0 Å². The van der Waals surface area contributed by atoms with E-state index >= 15 is 0 Å². The van der Waals surface area contributed by atoms with Crippen LogP contribution in [-0.2, 0) is 0 Å². The number of ketones is 1. The molecule has 0 unspecified atom stereocenters. The van der Waals surface area contributed by atoms with Crippen molar-refractivity contribution >= 4 is 16.8 Å². The van der Waals surface area contributed by atoms with Crippen molar-refractivity contribution in [2.45, 2.75) is 20.0 Å². The van der Waals surface area contributed by atoms with Crippen molar-refractivity contribution in [1.29, 1.82) is 0 Å². The third kappa shape index (κ3) is 3.68. The molecule has 0 amide bonds. The summed E-state index contributed by atoms with van der Waals surface area (Å²) in [5.41, 5.74) is 2.08. The number of hydrogen-bond donors (Lipinski definition) is 1. The number of fused-ring (bicyclic) bond motifs is 1. The summed E-state index contributed by atoms with van der Waals surface area (Å²) in [6.45, 7) is 3.80. The monoisotopic (exact) mass is 374 g/mol. The van der Waals surface area contributed by atoms with Gasteiger partial charge < -0.3 is 14.5 Å². The highest BCUT2D eigenvalue weighted by molar-refractivity contribution is 6.08. The quantitative estimate of drug-likeness (QED) is 0.510. The Morgan fingerprint density at radius 2 is 1.68 bits per heavy atom. The molecule has 0 fully saturated rings. The van der Waals surface area contributed by atoms with Gasteiger partial charge in [0.25, 0.3) is 11.8 Å². The van der Waals surface area contributed by atoms with E-state index in [0.717, 1.165) is 11.0 Å². The minimum Gasteiger partial charge on any atom is -0.471 e. The van der Waals surface area contributed by atoms with Gasteiger partial charge in [-0.15, -0.1) is 0 Å². The predicted octanol–water partition coefficient (Wildman–Crippen LogP) is 4.16. The van der Waals surface area contributed by atoms with E-state index in [1.807, 2.05) is 38.1 Å². The van der Waals surface area contributed by atoms with Crippen molar-refractivity contribution in [2.24, 2.45) is 0 Å². The number of H-pyrrole nitrogens is 1. The molecule has 0 radical (unpaired) electrons. The van der Waals surface area contributed by atoms with Gasteiger partial charge >= 0.3 is 0 Å². The number of ether oxygens (including phenoxy) is 2. The number of aromatic nitrogens is 4. The molecule has 0 saturated heterocycles. The summed E-state index contributed by atoms with van der Waals surface area (Å²) < 4.78 is 11.4. The van der Waals surface area contributed by atoms with Crippen LogP contribution >= 0.6 is 0 Å². The summed E-state index contributed by atoms with van der Waals surface area (Å²) in [5, 5.41) is 0. The van der Waals surface area contributed by atoms with Crippen LogP contribution in [0, 0.1) is 0 Å². The first kappa shape index (κ1) is 17.7. The normalized spacial score (nSPS) is 11.0. The van der Waals surface area contributed by atoms with Crippen molar-refractivity contribution < 1.29 is 14.3 Å². The number of benzene rings is 2. The SMILES string of the molecule is CC(C)Oc1nccnc1Oc1ccc(C(=O)c2nc3ccccc3[nH]2)cc1. The van der Waals surface area contributed by atoms with Gasteiger partial charge in [0.2, 0.25) is 5.78 Å². The lowest BCUT2D eigenvalue weighted by molar-refractivity contribution is 0.103. The van der Waals surface area contributed by atoms with Crippen LogP contribution in [0.3, 0.4) is 0 Å². The van der Waals surface area contributed by atoms with Crippen molar-refractivity contribution in [2.75, 3.05) is 0 Å². The Morgan fingerprint density at radius 3 is 2.39 bits per heavy atom. The Kier molecular flexibility index (Phi) is 4.72. The van der Waals surface area contributed by atoms with Gasteiger partial charge in [0.1, 0.15) is 5.75 Å². The topological polar surface area (TPSA) is 90.0 Å². The lowest BCUT2D eigenvalue weighted by atomic mass is 10.1. The maximum Gasteiger partial charge on any atom is 0.283 e. The fourth-order valence-corrected chi connectivity index (χ4v) is 2.67. The molecule has 0 atom stereocenters. The molecule has 0 aliphatic carbocycles.